The first-order valence-corrected chi connectivity index (χ1v) is 5.97. The van der Waals surface area contributed by atoms with E-state index in [0.29, 0.717) is 10.7 Å². The maximum Gasteiger partial charge on any atom is 0.255 e. The zero-order valence-corrected chi connectivity index (χ0v) is 11.0. The molecule has 3 N–H and O–H groups in total. The first-order valence-electron chi connectivity index (χ1n) is 5.59. The van der Waals surface area contributed by atoms with Gasteiger partial charge in [-0.2, -0.15) is 0 Å². The number of nitrogens with two attached hydrogens (primary N) is 1. The summed E-state index contributed by atoms with van der Waals surface area (Å²) < 4.78 is 13.2. The number of anilines is 2. The summed E-state index contributed by atoms with van der Waals surface area (Å²) in [6, 6.07) is 8.93. The summed E-state index contributed by atoms with van der Waals surface area (Å²) in [5.41, 5.74) is 7.28. The number of carbonyl (C=O) groups excluding carboxylic acids is 1. The maximum atomic E-state index is 13.2. The molecule has 2 rings (SSSR count). The summed E-state index contributed by atoms with van der Waals surface area (Å²) in [7, 11) is 0. The van der Waals surface area contributed by atoms with Crippen LogP contribution in [0.1, 0.15) is 15.9 Å². The molecule has 0 atom stereocenters. The van der Waals surface area contributed by atoms with Crippen molar-refractivity contribution in [2.24, 2.45) is 0 Å². The van der Waals surface area contributed by atoms with E-state index < -0.39 is 11.7 Å². The second kappa shape index (κ2) is 5.28. The molecule has 98 valence electrons. The van der Waals surface area contributed by atoms with Crippen molar-refractivity contribution in [3.63, 3.8) is 0 Å². The van der Waals surface area contributed by atoms with Gasteiger partial charge in [-0.25, -0.2) is 4.39 Å². The Morgan fingerprint density at radius 1 is 1.26 bits per heavy atom. The van der Waals surface area contributed by atoms with E-state index in [9.17, 15) is 9.18 Å². The van der Waals surface area contributed by atoms with Gasteiger partial charge >= 0.3 is 0 Å². The Hall–Kier alpha value is -2.07. The highest BCUT2D eigenvalue weighted by molar-refractivity contribution is 6.34. The van der Waals surface area contributed by atoms with Crippen LogP contribution < -0.4 is 11.1 Å². The fourth-order valence-electron chi connectivity index (χ4n) is 1.67. The minimum atomic E-state index is -0.555. The van der Waals surface area contributed by atoms with Crippen LogP contribution in [0.4, 0.5) is 15.8 Å². The number of hydrogen-bond donors (Lipinski definition) is 2. The third kappa shape index (κ3) is 3.23. The van der Waals surface area contributed by atoms with Crippen molar-refractivity contribution in [2.75, 3.05) is 11.1 Å². The van der Waals surface area contributed by atoms with Crippen LogP contribution in [0.25, 0.3) is 0 Å². The molecule has 1 amide bonds. The zero-order valence-electron chi connectivity index (χ0n) is 10.2. The summed E-state index contributed by atoms with van der Waals surface area (Å²) in [6.45, 7) is 1.88. The predicted molar refractivity (Wildman–Crippen MR) is 75.0 cm³/mol. The Labute approximate surface area is 115 Å². The largest absolute Gasteiger partial charge is 0.399 e. The van der Waals surface area contributed by atoms with Crippen LogP contribution in [0, 0.1) is 12.7 Å². The van der Waals surface area contributed by atoms with Crippen LogP contribution in [0.15, 0.2) is 36.4 Å². The van der Waals surface area contributed by atoms with E-state index in [2.05, 4.69) is 5.32 Å². The van der Waals surface area contributed by atoms with Gasteiger partial charge in [-0.1, -0.05) is 17.7 Å². The number of halogens is 2. The quantitative estimate of drug-likeness (QED) is 0.824. The van der Waals surface area contributed by atoms with E-state index in [1.807, 2.05) is 13.0 Å². The van der Waals surface area contributed by atoms with Crippen molar-refractivity contribution in [1.82, 2.24) is 0 Å². The molecule has 0 saturated carbocycles. The van der Waals surface area contributed by atoms with Gasteiger partial charge in [-0.05, 0) is 42.8 Å². The van der Waals surface area contributed by atoms with Crippen molar-refractivity contribution in [1.29, 1.82) is 0 Å². The molecule has 0 aliphatic rings. The molecule has 0 spiro atoms. The Balaban J connectivity index is 2.28. The predicted octanol–water partition coefficient (Wildman–Crippen LogP) is 3.62. The Morgan fingerprint density at radius 2 is 2.00 bits per heavy atom. The van der Waals surface area contributed by atoms with Gasteiger partial charge in [0.15, 0.2) is 0 Å². The minimum absolute atomic E-state index is 0.148. The van der Waals surface area contributed by atoms with Crippen molar-refractivity contribution in [2.45, 2.75) is 6.92 Å². The van der Waals surface area contributed by atoms with Crippen LogP contribution in [-0.4, -0.2) is 5.91 Å². The van der Waals surface area contributed by atoms with Crippen LogP contribution in [0.5, 0.6) is 0 Å². The van der Waals surface area contributed by atoms with Crippen LogP contribution >= 0.6 is 11.6 Å². The molecule has 0 saturated heterocycles. The standard InChI is InChI=1S/C14H12ClFN2O/c1-8-2-3-12(15)13(4-8)18-14(19)9-5-10(16)7-11(17)6-9/h2-7H,17H2,1H3,(H,18,19). The molecule has 0 fully saturated rings. The zero-order chi connectivity index (χ0) is 14.0. The normalized spacial score (nSPS) is 10.3. The lowest BCUT2D eigenvalue weighted by Crippen LogP contribution is -2.13. The molecule has 2 aromatic carbocycles. The summed E-state index contributed by atoms with van der Waals surface area (Å²) in [4.78, 5) is 12.0. The SMILES string of the molecule is Cc1ccc(Cl)c(NC(=O)c2cc(N)cc(F)c2)c1. The number of nitrogens with one attached hydrogen (secondary N) is 1. The highest BCUT2D eigenvalue weighted by Gasteiger charge is 2.10. The van der Waals surface area contributed by atoms with Gasteiger partial charge in [0.25, 0.3) is 5.91 Å². The van der Waals surface area contributed by atoms with Gasteiger partial charge in [0.2, 0.25) is 0 Å². The van der Waals surface area contributed by atoms with Crippen molar-refractivity contribution in [3.05, 3.63) is 58.4 Å². The Bertz CT molecular complexity index is 623. The summed E-state index contributed by atoms with van der Waals surface area (Å²) in [5, 5.41) is 3.05. The molecule has 0 bridgehead atoms. The summed E-state index contributed by atoms with van der Waals surface area (Å²) in [6.07, 6.45) is 0. The lowest BCUT2D eigenvalue weighted by molar-refractivity contribution is 0.102. The topological polar surface area (TPSA) is 55.1 Å². The van der Waals surface area contributed by atoms with Crippen molar-refractivity contribution < 1.29 is 9.18 Å². The number of aryl methyl sites for hydroxylation is 1. The van der Waals surface area contributed by atoms with Crippen molar-refractivity contribution >= 4 is 28.9 Å². The molecule has 0 heterocycles. The molecule has 0 aliphatic carbocycles. The molecular weight excluding hydrogens is 267 g/mol. The second-order valence-corrected chi connectivity index (χ2v) is 4.62. The highest BCUT2D eigenvalue weighted by atomic mass is 35.5. The first kappa shape index (κ1) is 13.4. The third-order valence-corrected chi connectivity index (χ3v) is 2.88. The first-order chi connectivity index (χ1) is 8.95. The van der Waals surface area contributed by atoms with Gasteiger partial charge in [-0.15, -0.1) is 0 Å². The number of benzene rings is 2. The van der Waals surface area contributed by atoms with E-state index in [1.54, 1.807) is 12.1 Å². The molecule has 0 aromatic heterocycles. The average Bonchev–Trinajstić information content (AvgIpc) is 2.32. The van der Waals surface area contributed by atoms with Crippen LogP contribution in [0.3, 0.4) is 0 Å². The van der Waals surface area contributed by atoms with Gasteiger partial charge in [-0.3, -0.25) is 4.79 Å². The van der Waals surface area contributed by atoms with E-state index in [0.717, 1.165) is 17.7 Å². The summed E-state index contributed by atoms with van der Waals surface area (Å²) >= 11 is 5.98. The minimum Gasteiger partial charge on any atom is -0.399 e. The lowest BCUT2D eigenvalue weighted by Gasteiger charge is -2.08. The summed E-state index contributed by atoms with van der Waals surface area (Å²) in [5.74, 6) is -1.01. The Kier molecular flexibility index (Phi) is 3.71. The van der Waals surface area contributed by atoms with E-state index in [-0.39, 0.29) is 11.3 Å². The third-order valence-electron chi connectivity index (χ3n) is 2.55. The van der Waals surface area contributed by atoms with E-state index >= 15 is 0 Å². The molecule has 19 heavy (non-hydrogen) atoms. The average molecular weight is 279 g/mol. The van der Waals surface area contributed by atoms with Crippen molar-refractivity contribution in [3.8, 4) is 0 Å². The number of rotatable bonds is 2. The lowest BCUT2D eigenvalue weighted by atomic mass is 10.1. The Morgan fingerprint density at radius 3 is 2.68 bits per heavy atom. The molecule has 2 aromatic rings. The molecular formula is C14H12ClFN2O. The van der Waals surface area contributed by atoms with Gasteiger partial charge < -0.3 is 11.1 Å². The van der Waals surface area contributed by atoms with E-state index in [1.165, 1.54) is 6.07 Å². The fourth-order valence-corrected chi connectivity index (χ4v) is 1.84. The van der Waals surface area contributed by atoms with Crippen LogP contribution in [0.2, 0.25) is 5.02 Å². The van der Waals surface area contributed by atoms with Gasteiger partial charge in [0.05, 0.1) is 10.7 Å². The van der Waals surface area contributed by atoms with Gasteiger partial charge in [0.1, 0.15) is 5.82 Å². The van der Waals surface area contributed by atoms with Gasteiger partial charge in [0, 0.05) is 11.3 Å². The molecule has 0 radical (unpaired) electrons. The molecule has 3 nitrogen and oxygen atoms in total. The van der Waals surface area contributed by atoms with E-state index in [4.69, 9.17) is 17.3 Å². The number of amides is 1. The smallest absolute Gasteiger partial charge is 0.255 e. The fraction of sp³-hybridized carbons (Fsp3) is 0.0714. The monoisotopic (exact) mass is 278 g/mol. The van der Waals surface area contributed by atoms with Crippen LogP contribution in [-0.2, 0) is 0 Å². The molecule has 5 heteroatoms. The second-order valence-electron chi connectivity index (χ2n) is 4.21. The number of nitrogen functional groups attached to an aromatic ring is 1. The highest BCUT2D eigenvalue weighted by Crippen LogP contribution is 2.23. The molecule has 0 unspecified atom stereocenters. The maximum absolute atomic E-state index is 13.2. The molecule has 0 aliphatic heterocycles. The number of carbonyl (C=O) groups is 1. The number of hydrogen-bond acceptors (Lipinski definition) is 2.